The van der Waals surface area contributed by atoms with Crippen LogP contribution in [-0.4, -0.2) is 19.1 Å². The van der Waals surface area contributed by atoms with E-state index in [4.69, 9.17) is 9.47 Å². The van der Waals surface area contributed by atoms with Gasteiger partial charge in [-0.05, 0) is 71.2 Å². The number of anilines is 1. The molecule has 0 spiro atoms. The largest absolute Gasteiger partial charge is 0.490 e. The monoisotopic (exact) mass is 490 g/mol. The quantitative estimate of drug-likeness (QED) is 0.299. The van der Waals surface area contributed by atoms with Crippen molar-refractivity contribution >= 4 is 39.2 Å². The van der Waals surface area contributed by atoms with Crippen LogP contribution in [-0.2, 0) is 4.79 Å². The Morgan fingerprint density at radius 1 is 1.09 bits per heavy atom. The average molecular weight is 491 g/mol. The summed E-state index contributed by atoms with van der Waals surface area (Å²) in [6, 6.07) is 22.9. The normalized spacial score (nSPS) is 10.9. The van der Waals surface area contributed by atoms with E-state index in [0.717, 1.165) is 16.7 Å². The molecule has 0 heterocycles. The summed E-state index contributed by atoms with van der Waals surface area (Å²) < 4.78 is 12.1. The number of ether oxygens (including phenoxy) is 2. The Bertz CT molecular complexity index is 1150. The van der Waals surface area contributed by atoms with Crippen LogP contribution in [0.25, 0.3) is 11.6 Å². The zero-order valence-electron chi connectivity index (χ0n) is 17.9. The fourth-order valence-corrected chi connectivity index (χ4v) is 3.58. The van der Waals surface area contributed by atoms with Crippen LogP contribution in [0.4, 0.5) is 5.69 Å². The van der Waals surface area contributed by atoms with Gasteiger partial charge in [-0.15, -0.1) is 0 Å². The van der Waals surface area contributed by atoms with E-state index in [1.165, 1.54) is 0 Å². The second-order valence-electron chi connectivity index (χ2n) is 7.00. The van der Waals surface area contributed by atoms with E-state index in [-0.39, 0.29) is 12.5 Å². The van der Waals surface area contributed by atoms with Gasteiger partial charge in [0.15, 0.2) is 18.1 Å². The fourth-order valence-electron chi connectivity index (χ4n) is 3.01. The van der Waals surface area contributed by atoms with Gasteiger partial charge < -0.3 is 14.8 Å². The maximum absolute atomic E-state index is 12.3. The Kier molecular flexibility index (Phi) is 8.07. The number of hydrogen-bond donors (Lipinski definition) is 1. The van der Waals surface area contributed by atoms with E-state index in [9.17, 15) is 10.1 Å². The lowest BCUT2D eigenvalue weighted by Crippen LogP contribution is -2.20. The lowest BCUT2D eigenvalue weighted by Gasteiger charge is -2.15. The SMILES string of the molecule is CCOc1cc(/C=C(\C#N)c2ccc(C)cc2)cc(Br)c1OCC(=O)Nc1ccccc1. The molecule has 0 bridgehead atoms. The predicted molar refractivity (Wildman–Crippen MR) is 131 cm³/mol. The van der Waals surface area contributed by atoms with Crippen molar-refractivity contribution < 1.29 is 14.3 Å². The molecule has 0 aliphatic carbocycles. The van der Waals surface area contributed by atoms with E-state index in [1.807, 2.05) is 62.4 Å². The molecule has 0 aliphatic rings. The zero-order chi connectivity index (χ0) is 22.9. The Hall–Kier alpha value is -3.56. The van der Waals surface area contributed by atoms with Crippen LogP contribution in [0, 0.1) is 18.3 Å². The Balaban J connectivity index is 1.82. The number of aryl methyl sites for hydroxylation is 1. The number of carbonyl (C=O) groups excluding carboxylic acids is 1. The van der Waals surface area contributed by atoms with Gasteiger partial charge in [0.05, 0.1) is 22.7 Å². The minimum atomic E-state index is -0.277. The molecule has 5 nitrogen and oxygen atoms in total. The molecule has 0 aliphatic heterocycles. The number of nitrogens with zero attached hydrogens (tertiary/aromatic N) is 1. The van der Waals surface area contributed by atoms with Crippen LogP contribution in [0.2, 0.25) is 0 Å². The van der Waals surface area contributed by atoms with E-state index in [0.29, 0.717) is 33.8 Å². The Labute approximate surface area is 196 Å². The van der Waals surface area contributed by atoms with Crippen molar-refractivity contribution in [1.29, 1.82) is 5.26 Å². The van der Waals surface area contributed by atoms with Crippen molar-refractivity contribution in [2.45, 2.75) is 13.8 Å². The Morgan fingerprint density at radius 2 is 1.81 bits per heavy atom. The number of nitrogens with one attached hydrogen (secondary N) is 1. The van der Waals surface area contributed by atoms with Crippen molar-refractivity contribution in [2.24, 2.45) is 0 Å². The van der Waals surface area contributed by atoms with E-state index in [1.54, 1.807) is 24.3 Å². The molecule has 0 fully saturated rings. The summed E-state index contributed by atoms with van der Waals surface area (Å²) >= 11 is 3.51. The maximum Gasteiger partial charge on any atom is 0.262 e. The number of nitriles is 1. The summed E-state index contributed by atoms with van der Waals surface area (Å²) in [6.45, 7) is 4.13. The maximum atomic E-state index is 12.3. The molecular formula is C26H23BrN2O3. The van der Waals surface area contributed by atoms with Crippen LogP contribution >= 0.6 is 15.9 Å². The Morgan fingerprint density at radius 3 is 2.47 bits per heavy atom. The summed E-state index contributed by atoms with van der Waals surface area (Å²) in [7, 11) is 0. The van der Waals surface area contributed by atoms with Gasteiger partial charge in [-0.1, -0.05) is 48.0 Å². The first kappa shape index (κ1) is 23.1. The van der Waals surface area contributed by atoms with Gasteiger partial charge in [0.2, 0.25) is 0 Å². The molecule has 0 unspecified atom stereocenters. The second kappa shape index (κ2) is 11.2. The first-order valence-electron chi connectivity index (χ1n) is 10.1. The van der Waals surface area contributed by atoms with Crippen molar-refractivity contribution in [1.82, 2.24) is 0 Å². The summed E-state index contributed by atoms with van der Waals surface area (Å²) in [5, 5.41) is 12.4. The first-order valence-corrected chi connectivity index (χ1v) is 10.9. The van der Waals surface area contributed by atoms with Crippen LogP contribution in [0.3, 0.4) is 0 Å². The summed E-state index contributed by atoms with van der Waals surface area (Å²) in [6.07, 6.45) is 1.80. The standard InChI is InChI=1S/C26H23BrN2O3/c1-3-31-24-15-19(13-21(16-28)20-11-9-18(2)10-12-20)14-23(27)26(24)32-17-25(30)29-22-7-5-4-6-8-22/h4-15H,3,17H2,1-2H3,(H,29,30)/b21-13+. The fraction of sp³-hybridized carbons (Fsp3) is 0.154. The molecule has 3 aromatic rings. The van der Waals surface area contributed by atoms with Gasteiger partial charge >= 0.3 is 0 Å². The van der Waals surface area contributed by atoms with Crippen LogP contribution in [0.5, 0.6) is 11.5 Å². The number of hydrogen-bond acceptors (Lipinski definition) is 4. The van der Waals surface area contributed by atoms with Gasteiger partial charge in [0, 0.05) is 5.69 Å². The smallest absolute Gasteiger partial charge is 0.262 e. The van der Waals surface area contributed by atoms with Gasteiger partial charge in [-0.3, -0.25) is 4.79 Å². The predicted octanol–water partition coefficient (Wildman–Crippen LogP) is 6.24. The number of para-hydroxylation sites is 1. The van der Waals surface area contributed by atoms with Crippen LogP contribution in [0.1, 0.15) is 23.6 Å². The molecule has 0 saturated heterocycles. The van der Waals surface area contributed by atoms with E-state index in [2.05, 4.69) is 27.3 Å². The molecule has 3 rings (SSSR count). The third-order valence-corrected chi connectivity index (χ3v) is 5.12. The molecule has 162 valence electrons. The van der Waals surface area contributed by atoms with E-state index < -0.39 is 0 Å². The lowest BCUT2D eigenvalue weighted by molar-refractivity contribution is -0.118. The molecule has 0 radical (unpaired) electrons. The molecule has 1 N–H and O–H groups in total. The molecule has 0 aromatic heterocycles. The molecule has 32 heavy (non-hydrogen) atoms. The van der Waals surface area contributed by atoms with Crippen molar-refractivity contribution in [3.8, 4) is 17.6 Å². The number of rotatable bonds is 8. The highest BCUT2D eigenvalue weighted by molar-refractivity contribution is 9.10. The van der Waals surface area contributed by atoms with Crippen LogP contribution in [0.15, 0.2) is 71.2 Å². The number of benzene rings is 3. The molecule has 0 atom stereocenters. The molecular weight excluding hydrogens is 468 g/mol. The highest BCUT2D eigenvalue weighted by Gasteiger charge is 2.14. The van der Waals surface area contributed by atoms with Gasteiger partial charge in [-0.2, -0.15) is 5.26 Å². The first-order chi connectivity index (χ1) is 15.5. The zero-order valence-corrected chi connectivity index (χ0v) is 19.5. The highest BCUT2D eigenvalue weighted by atomic mass is 79.9. The number of halogens is 1. The van der Waals surface area contributed by atoms with Gasteiger partial charge in [0.1, 0.15) is 0 Å². The molecule has 6 heteroatoms. The van der Waals surface area contributed by atoms with Crippen molar-refractivity contribution in [3.05, 3.63) is 87.9 Å². The highest BCUT2D eigenvalue weighted by Crippen LogP contribution is 2.38. The lowest BCUT2D eigenvalue weighted by atomic mass is 10.0. The number of allylic oxidation sites excluding steroid dienone is 1. The van der Waals surface area contributed by atoms with Crippen molar-refractivity contribution in [3.63, 3.8) is 0 Å². The number of carbonyl (C=O) groups is 1. The number of amides is 1. The molecule has 3 aromatic carbocycles. The summed E-state index contributed by atoms with van der Waals surface area (Å²) in [5.41, 5.74) is 3.98. The summed E-state index contributed by atoms with van der Waals surface area (Å²) in [5.74, 6) is 0.642. The van der Waals surface area contributed by atoms with Crippen molar-refractivity contribution in [2.75, 3.05) is 18.5 Å². The van der Waals surface area contributed by atoms with Gasteiger partial charge in [0.25, 0.3) is 5.91 Å². The summed E-state index contributed by atoms with van der Waals surface area (Å²) in [4.78, 5) is 12.3. The molecule has 0 saturated carbocycles. The third kappa shape index (κ3) is 6.22. The van der Waals surface area contributed by atoms with E-state index >= 15 is 0 Å². The van der Waals surface area contributed by atoms with Crippen LogP contribution < -0.4 is 14.8 Å². The second-order valence-corrected chi connectivity index (χ2v) is 7.86. The molecule has 1 amide bonds. The minimum absolute atomic E-state index is 0.171. The third-order valence-electron chi connectivity index (χ3n) is 4.53. The van der Waals surface area contributed by atoms with Gasteiger partial charge in [-0.25, -0.2) is 0 Å². The topological polar surface area (TPSA) is 71.3 Å². The average Bonchev–Trinajstić information content (AvgIpc) is 2.78. The minimum Gasteiger partial charge on any atom is -0.490 e.